The van der Waals surface area contributed by atoms with E-state index in [2.05, 4.69) is 24.5 Å². The number of nitrogens with zero attached hydrogens (tertiary/aromatic N) is 2. The number of rotatable bonds is 5. The third kappa shape index (κ3) is 6.12. The molecule has 1 atom stereocenters. The van der Waals surface area contributed by atoms with E-state index in [1.54, 1.807) is 0 Å². The summed E-state index contributed by atoms with van der Waals surface area (Å²) in [6.07, 6.45) is 6.86. The standard InChI is InChI=1S/C17H32N4O.HI/c1-4-15(22)21-11-8-14(12-21)20-16(18-5-2)19-13-17(3)9-6-7-10-17;/h14H,4-13H2,1-3H3,(H2,18,19,20);1H. The zero-order valence-corrected chi connectivity index (χ0v) is 17.2. The third-order valence-electron chi connectivity index (χ3n) is 4.96. The highest BCUT2D eigenvalue weighted by Gasteiger charge is 2.29. The molecule has 1 aliphatic carbocycles. The molecule has 1 aliphatic heterocycles. The fraction of sp³-hybridized carbons (Fsp3) is 0.882. The Hall–Kier alpha value is -0.530. The van der Waals surface area contributed by atoms with E-state index in [9.17, 15) is 4.79 Å². The van der Waals surface area contributed by atoms with Gasteiger partial charge in [0.2, 0.25) is 5.91 Å². The number of likely N-dealkylation sites (tertiary alicyclic amines) is 1. The lowest BCUT2D eigenvalue weighted by atomic mass is 9.89. The third-order valence-corrected chi connectivity index (χ3v) is 4.96. The maximum absolute atomic E-state index is 11.8. The van der Waals surface area contributed by atoms with E-state index >= 15 is 0 Å². The molecule has 2 rings (SSSR count). The van der Waals surface area contributed by atoms with Gasteiger partial charge in [0.1, 0.15) is 0 Å². The summed E-state index contributed by atoms with van der Waals surface area (Å²) in [5.74, 6) is 1.16. The normalized spacial score (nSPS) is 23.5. The first kappa shape index (κ1) is 20.5. The van der Waals surface area contributed by atoms with E-state index in [0.717, 1.165) is 38.6 Å². The van der Waals surface area contributed by atoms with Gasteiger partial charge in [-0.3, -0.25) is 9.79 Å². The minimum absolute atomic E-state index is 0. The monoisotopic (exact) mass is 436 g/mol. The highest BCUT2D eigenvalue weighted by atomic mass is 127. The molecule has 2 N–H and O–H groups in total. The minimum Gasteiger partial charge on any atom is -0.357 e. The number of carbonyl (C=O) groups excluding carboxylic acids is 1. The number of hydrogen-bond donors (Lipinski definition) is 2. The van der Waals surface area contributed by atoms with Crippen molar-refractivity contribution < 1.29 is 4.79 Å². The minimum atomic E-state index is 0. The Balaban J connectivity index is 0.00000264. The zero-order valence-electron chi connectivity index (χ0n) is 14.9. The van der Waals surface area contributed by atoms with E-state index in [4.69, 9.17) is 4.99 Å². The Kier molecular flexibility index (Phi) is 8.64. The number of carbonyl (C=O) groups is 1. The average molecular weight is 436 g/mol. The van der Waals surface area contributed by atoms with E-state index in [0.29, 0.717) is 17.9 Å². The zero-order chi connectivity index (χ0) is 16.0. The van der Waals surface area contributed by atoms with Gasteiger partial charge in [-0.1, -0.05) is 26.7 Å². The molecule has 0 aromatic rings. The predicted octanol–water partition coefficient (Wildman–Crippen LogP) is 2.75. The Morgan fingerprint density at radius 1 is 1.30 bits per heavy atom. The molecule has 1 saturated carbocycles. The van der Waals surface area contributed by atoms with Crippen molar-refractivity contribution in [2.45, 2.75) is 65.3 Å². The average Bonchev–Trinajstić information content (AvgIpc) is 3.14. The van der Waals surface area contributed by atoms with Crippen LogP contribution in [0.1, 0.15) is 59.3 Å². The van der Waals surface area contributed by atoms with E-state index in [1.807, 2.05) is 11.8 Å². The van der Waals surface area contributed by atoms with Crippen LogP contribution < -0.4 is 10.6 Å². The van der Waals surface area contributed by atoms with Crippen molar-refractivity contribution in [2.24, 2.45) is 10.4 Å². The molecule has 5 nitrogen and oxygen atoms in total. The number of amides is 1. The Labute approximate surface area is 158 Å². The molecule has 23 heavy (non-hydrogen) atoms. The second kappa shape index (κ2) is 9.69. The second-order valence-electron chi connectivity index (χ2n) is 7.04. The van der Waals surface area contributed by atoms with Crippen molar-refractivity contribution in [2.75, 3.05) is 26.2 Å². The molecule has 0 radical (unpaired) electrons. The summed E-state index contributed by atoms with van der Waals surface area (Å²) in [6, 6.07) is 0.324. The fourth-order valence-electron chi connectivity index (χ4n) is 3.50. The lowest BCUT2D eigenvalue weighted by Crippen LogP contribution is -2.45. The molecule has 2 aliphatic rings. The molecule has 6 heteroatoms. The van der Waals surface area contributed by atoms with Crippen molar-refractivity contribution in [1.29, 1.82) is 0 Å². The Morgan fingerprint density at radius 3 is 2.61 bits per heavy atom. The van der Waals surface area contributed by atoms with Crippen molar-refractivity contribution in [3.05, 3.63) is 0 Å². The molecule has 0 bridgehead atoms. The lowest BCUT2D eigenvalue weighted by molar-refractivity contribution is -0.129. The van der Waals surface area contributed by atoms with Crippen molar-refractivity contribution in [3.8, 4) is 0 Å². The first-order valence-corrected chi connectivity index (χ1v) is 8.89. The summed E-state index contributed by atoms with van der Waals surface area (Å²) < 4.78 is 0. The van der Waals surface area contributed by atoms with Crippen LogP contribution in [0.25, 0.3) is 0 Å². The summed E-state index contributed by atoms with van der Waals surface area (Å²) in [5.41, 5.74) is 0.377. The summed E-state index contributed by atoms with van der Waals surface area (Å²) in [5, 5.41) is 6.86. The van der Waals surface area contributed by atoms with Gasteiger partial charge in [-0.15, -0.1) is 24.0 Å². The lowest BCUT2D eigenvalue weighted by Gasteiger charge is -2.23. The summed E-state index contributed by atoms with van der Waals surface area (Å²) in [4.78, 5) is 18.5. The number of nitrogens with one attached hydrogen (secondary N) is 2. The topological polar surface area (TPSA) is 56.7 Å². The van der Waals surface area contributed by atoms with Crippen LogP contribution in [0.2, 0.25) is 0 Å². The molecular formula is C17H33IN4O. The van der Waals surface area contributed by atoms with Gasteiger partial charge in [0, 0.05) is 38.6 Å². The van der Waals surface area contributed by atoms with Gasteiger partial charge in [-0.2, -0.15) is 0 Å². The van der Waals surface area contributed by atoms with Gasteiger partial charge < -0.3 is 15.5 Å². The highest BCUT2D eigenvalue weighted by Crippen LogP contribution is 2.37. The van der Waals surface area contributed by atoms with Crippen LogP contribution in [-0.2, 0) is 4.79 Å². The van der Waals surface area contributed by atoms with Crippen LogP contribution in [0.3, 0.4) is 0 Å². The van der Waals surface area contributed by atoms with Crippen LogP contribution >= 0.6 is 24.0 Å². The van der Waals surface area contributed by atoms with Gasteiger partial charge in [-0.25, -0.2) is 0 Å². The van der Waals surface area contributed by atoms with Crippen LogP contribution in [0.4, 0.5) is 0 Å². The van der Waals surface area contributed by atoms with Crippen molar-refractivity contribution in [1.82, 2.24) is 15.5 Å². The maximum atomic E-state index is 11.8. The molecule has 1 amide bonds. The number of halogens is 1. The van der Waals surface area contributed by atoms with E-state index in [-0.39, 0.29) is 29.9 Å². The SMILES string of the molecule is CCNC(=NCC1(C)CCCC1)NC1CCN(C(=O)CC)C1.I. The molecular weight excluding hydrogens is 403 g/mol. The van der Waals surface area contributed by atoms with Gasteiger partial charge in [0.15, 0.2) is 5.96 Å². The number of hydrogen-bond acceptors (Lipinski definition) is 2. The molecule has 2 fully saturated rings. The van der Waals surface area contributed by atoms with Gasteiger partial charge >= 0.3 is 0 Å². The number of aliphatic imine (C=N–C) groups is 1. The maximum Gasteiger partial charge on any atom is 0.222 e. The Morgan fingerprint density at radius 2 is 2.00 bits per heavy atom. The smallest absolute Gasteiger partial charge is 0.222 e. The van der Waals surface area contributed by atoms with Crippen LogP contribution in [0.5, 0.6) is 0 Å². The van der Waals surface area contributed by atoms with Crippen molar-refractivity contribution in [3.63, 3.8) is 0 Å². The van der Waals surface area contributed by atoms with Gasteiger partial charge in [-0.05, 0) is 31.6 Å². The van der Waals surface area contributed by atoms with Gasteiger partial charge in [0.05, 0.1) is 0 Å². The molecule has 1 unspecified atom stereocenters. The molecule has 1 saturated heterocycles. The van der Waals surface area contributed by atoms with Crippen LogP contribution in [-0.4, -0.2) is 49.0 Å². The molecule has 1 heterocycles. The Bertz CT molecular complexity index is 407. The summed E-state index contributed by atoms with van der Waals surface area (Å²) in [6.45, 7) is 9.80. The first-order chi connectivity index (χ1) is 10.6. The first-order valence-electron chi connectivity index (χ1n) is 8.89. The number of guanidine groups is 1. The van der Waals surface area contributed by atoms with E-state index in [1.165, 1.54) is 25.7 Å². The molecule has 0 aromatic heterocycles. The van der Waals surface area contributed by atoms with Crippen molar-refractivity contribution >= 4 is 35.8 Å². The molecule has 134 valence electrons. The fourth-order valence-corrected chi connectivity index (χ4v) is 3.50. The summed E-state index contributed by atoms with van der Waals surface area (Å²) in [7, 11) is 0. The quantitative estimate of drug-likeness (QED) is 0.396. The van der Waals surface area contributed by atoms with Crippen LogP contribution in [0.15, 0.2) is 4.99 Å². The van der Waals surface area contributed by atoms with Gasteiger partial charge in [0.25, 0.3) is 0 Å². The largest absolute Gasteiger partial charge is 0.357 e. The predicted molar refractivity (Wildman–Crippen MR) is 106 cm³/mol. The summed E-state index contributed by atoms with van der Waals surface area (Å²) >= 11 is 0. The van der Waals surface area contributed by atoms with Crippen LogP contribution in [0, 0.1) is 5.41 Å². The van der Waals surface area contributed by atoms with E-state index < -0.39 is 0 Å². The molecule has 0 spiro atoms. The highest BCUT2D eigenvalue weighted by molar-refractivity contribution is 14.0. The second-order valence-corrected chi connectivity index (χ2v) is 7.04. The molecule has 0 aromatic carbocycles.